The van der Waals surface area contributed by atoms with E-state index in [9.17, 15) is 48.6 Å². The second kappa shape index (κ2) is 27.5. The maximum absolute atomic E-state index is 14.8. The van der Waals surface area contributed by atoms with Crippen LogP contribution in [0.3, 0.4) is 0 Å². The molecule has 1 aliphatic rings. The molecule has 8 amide bonds. The number of rotatable bonds is 17. The quantitative estimate of drug-likeness (QED) is 0.0450. The number of aromatic amines is 1. The molecule has 0 aliphatic carbocycles. The van der Waals surface area contributed by atoms with Crippen molar-refractivity contribution in [3.05, 3.63) is 108 Å². The molecule has 0 spiro atoms. The summed E-state index contributed by atoms with van der Waals surface area (Å²) in [5.74, 6) is -7.55. The predicted molar refractivity (Wildman–Crippen MR) is 279 cm³/mol. The first-order chi connectivity index (χ1) is 34.7. The summed E-state index contributed by atoms with van der Waals surface area (Å²) in [6, 6.07) is 13.6. The van der Waals surface area contributed by atoms with Gasteiger partial charge in [-0.3, -0.25) is 38.4 Å². The number of nitrogens with two attached hydrogens (primary N) is 3. The van der Waals surface area contributed by atoms with Gasteiger partial charge in [0, 0.05) is 41.4 Å². The van der Waals surface area contributed by atoms with Gasteiger partial charge in [-0.1, -0.05) is 100 Å². The molecule has 5 rings (SSSR count). The molecular weight excluding hydrogens is 979 g/mol. The van der Waals surface area contributed by atoms with Crippen molar-refractivity contribution < 1.29 is 48.6 Å². The van der Waals surface area contributed by atoms with Gasteiger partial charge in [0.15, 0.2) is 0 Å². The van der Waals surface area contributed by atoms with Crippen LogP contribution in [0.25, 0.3) is 10.9 Å². The number of aromatic nitrogens is 1. The van der Waals surface area contributed by atoms with Gasteiger partial charge in [0.2, 0.25) is 47.3 Å². The third-order valence-corrected chi connectivity index (χ3v) is 14.4. The van der Waals surface area contributed by atoms with E-state index < -0.39 is 107 Å². The molecule has 1 fully saturated rings. The standard InChI is InChI=1S/C50H67N11O10S2/c1-28(62)40(42(53)63)60-48(69)39-27-73-72-26-38(58-43(64)33(52)22-29-14-6-4-7-15-29)47(68)56-36(23-30-16-8-5-9-17-30)45(66)57-37(24-31-25-54-34-19-11-10-18-32(31)34)46(67)55-35(20-12-13-21-51)44(65)61-41(49(70)59-39)50(2,3)71/h4-11,14-19,25,28,33,35-41,54,62,71H,12-13,20-24,26-27,51-52H2,1-3H3,(H2,53,63)(H,55,67)(H,56,68)(H,57,66)(H,58,64)(H,59,70)(H,60,69)(H,61,65)/t28-,33-,35+,36?,37-,38+,39?,40+,41?/m1/s1. The number of carbonyl (C=O) groups is 8. The zero-order valence-electron chi connectivity index (χ0n) is 40.9. The highest BCUT2D eigenvalue weighted by atomic mass is 33.1. The van der Waals surface area contributed by atoms with E-state index in [0.29, 0.717) is 24.0 Å². The van der Waals surface area contributed by atoms with E-state index in [0.717, 1.165) is 38.1 Å². The number of H-pyrrole nitrogens is 1. The molecule has 0 saturated carbocycles. The van der Waals surface area contributed by atoms with Crippen molar-refractivity contribution in [2.45, 2.75) is 119 Å². The Labute approximate surface area is 431 Å². The predicted octanol–water partition coefficient (Wildman–Crippen LogP) is -0.922. The molecule has 23 heteroatoms. The largest absolute Gasteiger partial charge is 0.391 e. The first kappa shape index (κ1) is 57.4. The molecule has 4 aromatic rings. The fourth-order valence-electron chi connectivity index (χ4n) is 7.95. The summed E-state index contributed by atoms with van der Waals surface area (Å²) in [7, 11) is 1.96. The molecule has 0 bridgehead atoms. The number of para-hydroxylation sites is 1. The Hall–Kier alpha value is -6.50. The summed E-state index contributed by atoms with van der Waals surface area (Å²) in [4.78, 5) is 116. The minimum atomic E-state index is -2.00. The van der Waals surface area contributed by atoms with Crippen LogP contribution in [0.15, 0.2) is 91.1 Å². The van der Waals surface area contributed by atoms with E-state index in [2.05, 4.69) is 42.2 Å². The molecule has 1 aliphatic heterocycles. The Morgan fingerprint density at radius 2 is 1.32 bits per heavy atom. The topological polar surface area (TPSA) is 355 Å². The van der Waals surface area contributed by atoms with Gasteiger partial charge in [-0.05, 0) is 75.8 Å². The smallest absolute Gasteiger partial charge is 0.246 e. The molecule has 3 aromatic carbocycles. The zero-order chi connectivity index (χ0) is 53.2. The van der Waals surface area contributed by atoms with E-state index in [1.165, 1.54) is 20.8 Å². The summed E-state index contributed by atoms with van der Waals surface area (Å²) >= 11 is 0. The monoisotopic (exact) mass is 1050 g/mol. The summed E-state index contributed by atoms with van der Waals surface area (Å²) in [5.41, 5.74) is 18.4. The molecular formula is C50H67N11O10S2. The van der Waals surface area contributed by atoms with Gasteiger partial charge in [0.25, 0.3) is 0 Å². The van der Waals surface area contributed by atoms with Gasteiger partial charge in [0.1, 0.15) is 42.3 Å². The number of aliphatic hydroxyl groups excluding tert-OH is 1. The lowest BCUT2D eigenvalue weighted by molar-refractivity contribution is -0.139. The van der Waals surface area contributed by atoms with Crippen LogP contribution < -0.4 is 54.4 Å². The fourth-order valence-corrected chi connectivity index (χ4v) is 10.3. The number of aliphatic hydroxyl groups is 2. The van der Waals surface area contributed by atoms with E-state index in [1.807, 2.05) is 30.3 Å². The third kappa shape index (κ3) is 17.3. The van der Waals surface area contributed by atoms with Gasteiger partial charge in [-0.15, -0.1) is 0 Å². The van der Waals surface area contributed by atoms with Crippen LogP contribution >= 0.6 is 21.6 Å². The van der Waals surface area contributed by atoms with E-state index >= 15 is 0 Å². The fraction of sp³-hybridized carbons (Fsp3) is 0.440. The van der Waals surface area contributed by atoms with Crippen LogP contribution in [0, 0.1) is 0 Å². The number of primary amides is 1. The third-order valence-electron chi connectivity index (χ3n) is 12.0. The Morgan fingerprint density at radius 3 is 1.95 bits per heavy atom. The Bertz CT molecular complexity index is 2530. The summed E-state index contributed by atoms with van der Waals surface area (Å²) in [6.07, 6.45) is 0.980. The van der Waals surface area contributed by atoms with Crippen molar-refractivity contribution in [2.24, 2.45) is 17.2 Å². The Morgan fingerprint density at radius 1 is 0.740 bits per heavy atom. The number of unbranched alkanes of at least 4 members (excludes halogenated alkanes) is 1. The van der Waals surface area contributed by atoms with Crippen LogP contribution in [0.5, 0.6) is 0 Å². The van der Waals surface area contributed by atoms with E-state index in [-0.39, 0.29) is 43.7 Å². The highest BCUT2D eigenvalue weighted by Gasteiger charge is 2.40. The number of nitrogens with one attached hydrogen (secondary N) is 8. The van der Waals surface area contributed by atoms with Crippen molar-refractivity contribution in [3.63, 3.8) is 0 Å². The number of hydrogen-bond acceptors (Lipinski definition) is 14. The van der Waals surface area contributed by atoms with Gasteiger partial charge in [0.05, 0.1) is 17.7 Å². The number of carbonyl (C=O) groups excluding carboxylic acids is 8. The summed E-state index contributed by atoms with van der Waals surface area (Å²) < 4.78 is 0. The van der Waals surface area contributed by atoms with E-state index in [4.69, 9.17) is 17.2 Å². The maximum atomic E-state index is 14.8. The lowest BCUT2D eigenvalue weighted by Gasteiger charge is -2.32. The highest BCUT2D eigenvalue weighted by Crippen LogP contribution is 2.25. The second-order valence-electron chi connectivity index (χ2n) is 18.4. The first-order valence-corrected chi connectivity index (χ1v) is 26.4. The van der Waals surface area contributed by atoms with Gasteiger partial charge >= 0.3 is 0 Å². The van der Waals surface area contributed by atoms with Crippen LogP contribution in [-0.2, 0) is 57.6 Å². The molecule has 0 radical (unpaired) electrons. The van der Waals surface area contributed by atoms with Crippen LogP contribution in [0.2, 0.25) is 0 Å². The van der Waals surface area contributed by atoms with Crippen LogP contribution in [-0.4, -0.2) is 141 Å². The first-order valence-electron chi connectivity index (χ1n) is 23.9. The lowest BCUT2D eigenvalue weighted by atomic mass is 9.96. The van der Waals surface area contributed by atoms with Crippen LogP contribution in [0.4, 0.5) is 0 Å². The molecule has 3 unspecified atom stereocenters. The minimum absolute atomic E-state index is 0.00424. The second-order valence-corrected chi connectivity index (χ2v) is 21.0. The Balaban J connectivity index is 1.59. The molecule has 9 atom stereocenters. The van der Waals surface area contributed by atoms with Crippen LogP contribution in [0.1, 0.15) is 56.7 Å². The van der Waals surface area contributed by atoms with Crippen molar-refractivity contribution >= 4 is 79.7 Å². The van der Waals surface area contributed by atoms with Gasteiger partial charge in [-0.2, -0.15) is 0 Å². The normalized spacial score (nSPS) is 22.3. The number of benzene rings is 3. The molecule has 2 heterocycles. The number of amides is 8. The molecule has 16 N–H and O–H groups in total. The maximum Gasteiger partial charge on any atom is 0.246 e. The molecule has 394 valence electrons. The van der Waals surface area contributed by atoms with Gasteiger partial charge in [-0.25, -0.2) is 0 Å². The van der Waals surface area contributed by atoms with Crippen molar-refractivity contribution in [1.29, 1.82) is 0 Å². The molecule has 1 aromatic heterocycles. The minimum Gasteiger partial charge on any atom is -0.391 e. The SMILES string of the molecule is C[C@@H](O)[C@H](NC(=O)C1CSSC[C@H](NC(=O)[C@H](N)Cc2ccccc2)C(=O)NC(Cc2ccccc2)C(=O)N[C@H](Cc2c[nH]c3ccccc23)C(=O)N[C@@H](CCCCN)C(=O)NC(C(C)(C)O)C(=O)N1)C(N)=O. The molecule has 73 heavy (non-hydrogen) atoms. The van der Waals surface area contributed by atoms with E-state index in [1.54, 1.807) is 60.8 Å². The van der Waals surface area contributed by atoms with Crippen molar-refractivity contribution in [3.8, 4) is 0 Å². The average molecular weight is 1050 g/mol. The highest BCUT2D eigenvalue weighted by molar-refractivity contribution is 8.76. The lowest BCUT2D eigenvalue weighted by Crippen LogP contribution is -2.64. The van der Waals surface area contributed by atoms with Crippen molar-refractivity contribution in [1.82, 2.24) is 42.2 Å². The van der Waals surface area contributed by atoms with Crippen molar-refractivity contribution in [2.75, 3.05) is 18.1 Å². The summed E-state index contributed by atoms with van der Waals surface area (Å²) in [6.45, 7) is 3.97. The Kier molecular flexibility index (Phi) is 21.6. The molecule has 1 saturated heterocycles. The number of fused-ring (bicyclic) bond motifs is 1. The number of hydrogen-bond donors (Lipinski definition) is 13. The zero-order valence-corrected chi connectivity index (χ0v) is 42.6. The van der Waals surface area contributed by atoms with Gasteiger partial charge < -0.3 is 69.6 Å². The molecule has 21 nitrogen and oxygen atoms in total. The average Bonchev–Trinajstić information content (AvgIpc) is 3.76. The summed E-state index contributed by atoms with van der Waals surface area (Å²) in [5, 5.41) is 40.9.